The highest BCUT2D eigenvalue weighted by Gasteiger charge is 2.01. The van der Waals surface area contributed by atoms with Crippen molar-refractivity contribution in [3.8, 4) is 0 Å². The summed E-state index contributed by atoms with van der Waals surface area (Å²) >= 11 is 0. The Morgan fingerprint density at radius 3 is 2.59 bits per heavy atom. The Balaban J connectivity index is 2.09. The molecule has 2 heteroatoms. The lowest BCUT2D eigenvalue weighted by Crippen LogP contribution is -1.94. The van der Waals surface area contributed by atoms with Crippen LogP contribution in [0.5, 0.6) is 0 Å². The minimum absolute atomic E-state index is 0.0101. The van der Waals surface area contributed by atoms with Crippen LogP contribution in [-0.2, 0) is 6.42 Å². The van der Waals surface area contributed by atoms with Gasteiger partial charge in [0.2, 0.25) is 0 Å². The molecule has 0 spiro atoms. The van der Waals surface area contributed by atoms with E-state index in [1.807, 2.05) is 30.3 Å². The Labute approximate surface area is 101 Å². The minimum atomic E-state index is -0.0101. The molecule has 1 aromatic carbocycles. The van der Waals surface area contributed by atoms with Gasteiger partial charge in [-0.2, -0.15) is 0 Å². The van der Waals surface area contributed by atoms with Crippen molar-refractivity contribution in [2.45, 2.75) is 13.3 Å². The molecule has 0 radical (unpaired) electrons. The van der Waals surface area contributed by atoms with E-state index < -0.39 is 0 Å². The van der Waals surface area contributed by atoms with Gasteiger partial charge < -0.3 is 4.42 Å². The minimum Gasteiger partial charge on any atom is -0.465 e. The number of aryl methyl sites for hydroxylation is 1. The van der Waals surface area contributed by atoms with Crippen LogP contribution in [-0.4, -0.2) is 5.78 Å². The first-order chi connectivity index (χ1) is 8.29. The maximum Gasteiger partial charge on any atom is 0.185 e. The van der Waals surface area contributed by atoms with E-state index in [1.54, 1.807) is 18.4 Å². The molecule has 1 aromatic heterocycles. The van der Waals surface area contributed by atoms with Crippen LogP contribution in [0.15, 0.2) is 53.2 Å². The van der Waals surface area contributed by atoms with Crippen molar-refractivity contribution in [1.82, 2.24) is 0 Å². The van der Waals surface area contributed by atoms with Crippen molar-refractivity contribution in [2.75, 3.05) is 0 Å². The molecule has 0 unspecified atom stereocenters. The summed E-state index contributed by atoms with van der Waals surface area (Å²) in [5.41, 5.74) is 1.93. The maximum atomic E-state index is 11.8. The lowest BCUT2D eigenvalue weighted by atomic mass is 10.1. The molecule has 17 heavy (non-hydrogen) atoms. The Bertz CT molecular complexity index is 504. The zero-order valence-corrected chi connectivity index (χ0v) is 9.72. The van der Waals surface area contributed by atoms with Crippen molar-refractivity contribution >= 4 is 11.9 Å². The molecule has 0 amide bonds. The number of furan rings is 1. The highest BCUT2D eigenvalue weighted by molar-refractivity contribution is 6.06. The fraction of sp³-hybridized carbons (Fsp3) is 0.133. The predicted molar refractivity (Wildman–Crippen MR) is 67.9 cm³/mol. The van der Waals surface area contributed by atoms with E-state index in [0.29, 0.717) is 11.3 Å². The van der Waals surface area contributed by atoms with Gasteiger partial charge in [-0.15, -0.1) is 0 Å². The van der Waals surface area contributed by atoms with E-state index in [9.17, 15) is 4.79 Å². The van der Waals surface area contributed by atoms with E-state index in [0.717, 1.165) is 6.42 Å². The first-order valence-electron chi connectivity index (χ1n) is 5.64. The number of carbonyl (C=O) groups excluding carboxylic acids is 1. The van der Waals surface area contributed by atoms with Crippen LogP contribution in [0.2, 0.25) is 0 Å². The second kappa shape index (κ2) is 5.30. The average molecular weight is 226 g/mol. The molecule has 0 aliphatic carbocycles. The normalized spacial score (nSPS) is 10.9. The molecule has 0 fully saturated rings. The highest BCUT2D eigenvalue weighted by Crippen LogP contribution is 2.08. The second-order valence-corrected chi connectivity index (χ2v) is 3.76. The summed E-state index contributed by atoms with van der Waals surface area (Å²) < 4.78 is 5.12. The van der Waals surface area contributed by atoms with Crippen molar-refractivity contribution in [1.29, 1.82) is 0 Å². The number of allylic oxidation sites excluding steroid dienone is 1. The van der Waals surface area contributed by atoms with Crippen LogP contribution in [0, 0.1) is 0 Å². The van der Waals surface area contributed by atoms with Gasteiger partial charge in [-0.05, 0) is 36.3 Å². The van der Waals surface area contributed by atoms with Crippen LogP contribution in [0.4, 0.5) is 0 Å². The lowest BCUT2D eigenvalue weighted by Gasteiger charge is -1.98. The van der Waals surface area contributed by atoms with Crippen LogP contribution in [0.1, 0.15) is 28.6 Å². The fourth-order valence-electron chi connectivity index (χ4n) is 1.54. The summed E-state index contributed by atoms with van der Waals surface area (Å²) in [5, 5.41) is 0. The quantitative estimate of drug-likeness (QED) is 0.587. The largest absolute Gasteiger partial charge is 0.465 e. The number of hydrogen-bond donors (Lipinski definition) is 0. The SMILES string of the molecule is CCc1ccc(C(=O)C=Cc2ccco2)cc1. The summed E-state index contributed by atoms with van der Waals surface area (Å²) in [6, 6.07) is 11.3. The topological polar surface area (TPSA) is 30.2 Å². The highest BCUT2D eigenvalue weighted by atomic mass is 16.3. The van der Waals surface area contributed by atoms with Crippen LogP contribution >= 0.6 is 0 Å². The summed E-state index contributed by atoms with van der Waals surface area (Å²) in [7, 11) is 0. The van der Waals surface area contributed by atoms with Crippen molar-refractivity contribution < 1.29 is 9.21 Å². The average Bonchev–Trinajstić information content (AvgIpc) is 2.89. The van der Waals surface area contributed by atoms with Gasteiger partial charge in [-0.1, -0.05) is 31.2 Å². The molecule has 1 heterocycles. The number of carbonyl (C=O) groups is 1. The third kappa shape index (κ3) is 2.94. The van der Waals surface area contributed by atoms with Gasteiger partial charge in [-0.25, -0.2) is 0 Å². The summed E-state index contributed by atoms with van der Waals surface area (Å²) in [6.45, 7) is 2.09. The standard InChI is InChI=1S/C15H14O2/c1-2-12-5-7-13(8-6-12)15(16)10-9-14-4-3-11-17-14/h3-11H,2H2,1H3. The van der Waals surface area contributed by atoms with E-state index in [4.69, 9.17) is 4.42 Å². The Kier molecular flexibility index (Phi) is 3.55. The zero-order valence-electron chi connectivity index (χ0n) is 9.72. The molecule has 0 saturated heterocycles. The molecule has 86 valence electrons. The number of ketones is 1. The molecule has 0 N–H and O–H groups in total. The second-order valence-electron chi connectivity index (χ2n) is 3.76. The van der Waals surface area contributed by atoms with Crippen LogP contribution < -0.4 is 0 Å². The molecule has 0 atom stereocenters. The molecular formula is C15H14O2. The van der Waals surface area contributed by atoms with Gasteiger partial charge >= 0.3 is 0 Å². The van der Waals surface area contributed by atoms with Gasteiger partial charge in [0.05, 0.1) is 6.26 Å². The summed E-state index contributed by atoms with van der Waals surface area (Å²) in [6.07, 6.45) is 5.77. The predicted octanol–water partition coefficient (Wildman–Crippen LogP) is 3.74. The van der Waals surface area contributed by atoms with Gasteiger partial charge in [-0.3, -0.25) is 4.79 Å². The van der Waals surface area contributed by atoms with E-state index in [-0.39, 0.29) is 5.78 Å². The molecule has 0 aliphatic heterocycles. The molecule has 2 rings (SSSR count). The smallest absolute Gasteiger partial charge is 0.185 e. The molecule has 0 aliphatic rings. The van der Waals surface area contributed by atoms with Gasteiger partial charge in [0.25, 0.3) is 0 Å². The van der Waals surface area contributed by atoms with Crippen molar-refractivity contribution in [3.05, 3.63) is 65.6 Å². The van der Waals surface area contributed by atoms with Crippen molar-refractivity contribution in [3.63, 3.8) is 0 Å². The number of rotatable bonds is 4. The fourth-order valence-corrected chi connectivity index (χ4v) is 1.54. The maximum absolute atomic E-state index is 11.8. The molecule has 0 saturated carbocycles. The first-order valence-corrected chi connectivity index (χ1v) is 5.64. The molecule has 2 nitrogen and oxygen atoms in total. The number of benzene rings is 1. The zero-order chi connectivity index (χ0) is 12.1. The molecule has 2 aromatic rings. The third-order valence-electron chi connectivity index (χ3n) is 2.59. The third-order valence-corrected chi connectivity index (χ3v) is 2.59. The Hall–Kier alpha value is -2.09. The monoisotopic (exact) mass is 226 g/mol. The van der Waals surface area contributed by atoms with Gasteiger partial charge in [0, 0.05) is 5.56 Å². The van der Waals surface area contributed by atoms with E-state index in [1.165, 1.54) is 11.6 Å². The Morgan fingerprint density at radius 1 is 1.24 bits per heavy atom. The van der Waals surface area contributed by atoms with Crippen LogP contribution in [0.3, 0.4) is 0 Å². The lowest BCUT2D eigenvalue weighted by molar-refractivity contribution is 0.104. The summed E-state index contributed by atoms with van der Waals surface area (Å²) in [5.74, 6) is 0.674. The van der Waals surface area contributed by atoms with E-state index >= 15 is 0 Å². The Morgan fingerprint density at radius 2 is 2.00 bits per heavy atom. The number of hydrogen-bond acceptors (Lipinski definition) is 2. The summed E-state index contributed by atoms with van der Waals surface area (Å²) in [4.78, 5) is 11.8. The molecule has 0 bridgehead atoms. The van der Waals surface area contributed by atoms with E-state index in [2.05, 4.69) is 6.92 Å². The van der Waals surface area contributed by atoms with Crippen LogP contribution in [0.25, 0.3) is 6.08 Å². The van der Waals surface area contributed by atoms with Crippen molar-refractivity contribution in [2.24, 2.45) is 0 Å². The van der Waals surface area contributed by atoms with Gasteiger partial charge in [0.1, 0.15) is 5.76 Å². The molecular weight excluding hydrogens is 212 g/mol. The first kappa shape index (κ1) is 11.4. The van der Waals surface area contributed by atoms with Gasteiger partial charge in [0.15, 0.2) is 5.78 Å².